The van der Waals surface area contributed by atoms with Gasteiger partial charge in [-0.05, 0) is 117 Å². The van der Waals surface area contributed by atoms with Crippen molar-refractivity contribution >= 4 is 32.6 Å². The highest BCUT2D eigenvalue weighted by Gasteiger charge is 2.31. The molecule has 0 saturated carbocycles. The van der Waals surface area contributed by atoms with E-state index in [9.17, 15) is 26.3 Å². The van der Waals surface area contributed by atoms with Gasteiger partial charge in [0.25, 0.3) is 0 Å². The molecule has 7 heteroatoms. The summed E-state index contributed by atoms with van der Waals surface area (Å²) < 4.78 is 82.7. The topological polar surface area (TPSA) is 4.93 Å². The molecule has 246 valence electrons. The van der Waals surface area contributed by atoms with Crippen LogP contribution < -0.4 is 0 Å². The van der Waals surface area contributed by atoms with Crippen molar-refractivity contribution in [2.45, 2.75) is 19.3 Å². The summed E-state index contributed by atoms with van der Waals surface area (Å²) in [7, 11) is 0. The number of alkyl halides is 6. The Bertz CT molecular complexity index is 2550. The van der Waals surface area contributed by atoms with Crippen molar-refractivity contribution in [3.05, 3.63) is 162 Å². The van der Waals surface area contributed by atoms with Crippen LogP contribution in [0.3, 0.4) is 0 Å². The first-order chi connectivity index (χ1) is 24.0. The van der Waals surface area contributed by atoms with Crippen molar-refractivity contribution in [2.24, 2.45) is 0 Å². The lowest BCUT2D eigenvalue weighted by molar-refractivity contribution is -0.138. The van der Waals surface area contributed by atoms with Crippen molar-refractivity contribution in [3.8, 4) is 39.1 Å². The number of hydrogen-bond donors (Lipinski definition) is 0. The molecular weight excluding hydrogens is 644 g/mol. The summed E-state index contributed by atoms with van der Waals surface area (Å²) in [5.74, 6) is 0. The first kappa shape index (κ1) is 31.4. The van der Waals surface area contributed by atoms with Gasteiger partial charge in [0, 0.05) is 16.5 Å². The molecule has 8 rings (SSSR count). The minimum Gasteiger partial charge on any atom is -0.309 e. The molecule has 1 aromatic heterocycles. The first-order valence-corrected chi connectivity index (χ1v) is 16.0. The van der Waals surface area contributed by atoms with Crippen LogP contribution in [0.2, 0.25) is 0 Å². The number of para-hydroxylation sites is 1. The minimum absolute atomic E-state index is 0.554. The van der Waals surface area contributed by atoms with E-state index < -0.39 is 23.5 Å². The van der Waals surface area contributed by atoms with Gasteiger partial charge in [0.05, 0.1) is 22.2 Å². The molecule has 1 heterocycles. The average Bonchev–Trinajstić information content (AvgIpc) is 3.45. The fourth-order valence-corrected chi connectivity index (χ4v) is 6.99. The molecule has 0 atom stereocenters. The number of benzene rings is 7. The Morgan fingerprint density at radius 2 is 1.04 bits per heavy atom. The molecular formula is C43H27F6N. The highest BCUT2D eigenvalue weighted by molar-refractivity contribution is 6.16. The molecule has 0 aliphatic heterocycles. The van der Waals surface area contributed by atoms with E-state index in [4.69, 9.17) is 0 Å². The van der Waals surface area contributed by atoms with E-state index in [0.29, 0.717) is 22.3 Å². The number of aromatic nitrogens is 1. The molecule has 0 N–H and O–H groups in total. The molecule has 0 radical (unpaired) electrons. The van der Waals surface area contributed by atoms with E-state index in [2.05, 4.69) is 47.9 Å². The fourth-order valence-electron chi connectivity index (χ4n) is 6.99. The third-order valence-electron chi connectivity index (χ3n) is 9.40. The summed E-state index contributed by atoms with van der Waals surface area (Å²) >= 11 is 0. The summed E-state index contributed by atoms with van der Waals surface area (Å²) in [4.78, 5) is 0. The van der Waals surface area contributed by atoms with E-state index in [0.717, 1.165) is 79.2 Å². The first-order valence-electron chi connectivity index (χ1n) is 16.0. The molecule has 0 saturated heterocycles. The zero-order chi connectivity index (χ0) is 34.8. The van der Waals surface area contributed by atoms with E-state index in [1.807, 2.05) is 60.7 Å². The van der Waals surface area contributed by atoms with E-state index in [1.165, 1.54) is 24.3 Å². The Morgan fingerprint density at radius 1 is 0.440 bits per heavy atom. The van der Waals surface area contributed by atoms with Crippen molar-refractivity contribution < 1.29 is 26.3 Å². The Morgan fingerprint density at radius 3 is 1.72 bits per heavy atom. The van der Waals surface area contributed by atoms with Gasteiger partial charge in [0.1, 0.15) is 0 Å². The van der Waals surface area contributed by atoms with E-state index in [1.54, 1.807) is 0 Å². The number of rotatable bonds is 4. The molecule has 8 aromatic rings. The standard InChI is InChI=1S/C43H27F6N/c1-26-7-2-3-8-34(26)36-10-6-12-40-41(36)37-9-4-5-11-39(37)50(40)33-21-22-35-30(24-33)23-29(27-13-17-31(18-14-27)42(44,45)46)25-38(35)28-15-19-32(20-16-28)43(47,48)49/h2-25H,1H3. The predicted molar refractivity (Wildman–Crippen MR) is 189 cm³/mol. The van der Waals surface area contributed by atoms with Gasteiger partial charge in [0.15, 0.2) is 0 Å². The molecule has 7 aromatic carbocycles. The molecule has 0 aliphatic rings. The normalized spacial score (nSPS) is 12.3. The number of hydrogen-bond acceptors (Lipinski definition) is 0. The maximum absolute atomic E-state index is 13.4. The number of nitrogens with zero attached hydrogens (tertiary/aromatic N) is 1. The molecule has 0 unspecified atom stereocenters. The van der Waals surface area contributed by atoms with Crippen LogP contribution in [0.4, 0.5) is 26.3 Å². The van der Waals surface area contributed by atoms with Crippen LogP contribution >= 0.6 is 0 Å². The lowest BCUT2D eigenvalue weighted by atomic mass is 9.92. The maximum atomic E-state index is 13.4. The Hall–Kier alpha value is -5.82. The number of halogens is 6. The van der Waals surface area contributed by atoms with Crippen LogP contribution in [0.15, 0.2) is 146 Å². The second kappa shape index (κ2) is 11.7. The molecule has 0 fully saturated rings. The van der Waals surface area contributed by atoms with Gasteiger partial charge in [-0.25, -0.2) is 0 Å². The molecule has 0 spiro atoms. The number of fused-ring (bicyclic) bond motifs is 4. The summed E-state index contributed by atoms with van der Waals surface area (Å²) in [6.45, 7) is 2.10. The van der Waals surface area contributed by atoms with E-state index in [-0.39, 0.29) is 0 Å². The fraction of sp³-hybridized carbons (Fsp3) is 0.0698. The van der Waals surface area contributed by atoms with Crippen molar-refractivity contribution in [3.63, 3.8) is 0 Å². The van der Waals surface area contributed by atoms with Crippen LogP contribution in [0.1, 0.15) is 16.7 Å². The Labute approximate surface area is 283 Å². The van der Waals surface area contributed by atoms with Gasteiger partial charge in [-0.2, -0.15) is 26.3 Å². The molecule has 0 aliphatic carbocycles. The predicted octanol–water partition coefficient (Wildman–Crippen LogP) is 13.3. The van der Waals surface area contributed by atoms with Gasteiger partial charge < -0.3 is 4.57 Å². The van der Waals surface area contributed by atoms with Gasteiger partial charge >= 0.3 is 12.4 Å². The second-order valence-electron chi connectivity index (χ2n) is 12.4. The van der Waals surface area contributed by atoms with Crippen LogP contribution in [-0.2, 0) is 12.4 Å². The second-order valence-corrected chi connectivity index (χ2v) is 12.4. The maximum Gasteiger partial charge on any atom is 0.416 e. The smallest absolute Gasteiger partial charge is 0.309 e. The summed E-state index contributed by atoms with van der Waals surface area (Å²) in [6, 6.07) is 42.4. The van der Waals surface area contributed by atoms with E-state index >= 15 is 0 Å². The summed E-state index contributed by atoms with van der Waals surface area (Å²) in [6.07, 6.45) is -8.97. The van der Waals surface area contributed by atoms with Crippen LogP contribution in [0.5, 0.6) is 0 Å². The monoisotopic (exact) mass is 671 g/mol. The molecule has 50 heavy (non-hydrogen) atoms. The SMILES string of the molecule is Cc1ccccc1-c1cccc2c1c1ccccc1n2-c1ccc2c(-c3ccc(C(F)(F)F)cc3)cc(-c3ccc(C(F)(F)F)cc3)cc2c1. The summed E-state index contributed by atoms with van der Waals surface area (Å²) in [5, 5.41) is 3.79. The lowest BCUT2D eigenvalue weighted by Gasteiger charge is -2.15. The van der Waals surface area contributed by atoms with Crippen LogP contribution in [-0.4, -0.2) is 4.57 Å². The zero-order valence-electron chi connectivity index (χ0n) is 26.6. The quantitative estimate of drug-likeness (QED) is 0.164. The van der Waals surface area contributed by atoms with Crippen molar-refractivity contribution in [2.75, 3.05) is 0 Å². The van der Waals surface area contributed by atoms with Crippen molar-refractivity contribution in [1.82, 2.24) is 4.57 Å². The largest absolute Gasteiger partial charge is 0.416 e. The van der Waals surface area contributed by atoms with Gasteiger partial charge in [-0.15, -0.1) is 0 Å². The third kappa shape index (κ3) is 5.39. The average molecular weight is 672 g/mol. The number of aryl methyl sites for hydroxylation is 1. The highest BCUT2D eigenvalue weighted by atomic mass is 19.4. The van der Waals surface area contributed by atoms with Crippen LogP contribution in [0.25, 0.3) is 71.6 Å². The third-order valence-corrected chi connectivity index (χ3v) is 9.40. The lowest BCUT2D eigenvalue weighted by Crippen LogP contribution is -2.04. The van der Waals surface area contributed by atoms with Crippen LogP contribution in [0, 0.1) is 6.92 Å². The molecule has 0 amide bonds. The van der Waals surface area contributed by atoms with Gasteiger partial charge in [-0.3, -0.25) is 0 Å². The minimum atomic E-state index is -4.49. The zero-order valence-corrected chi connectivity index (χ0v) is 26.6. The van der Waals surface area contributed by atoms with Gasteiger partial charge in [-0.1, -0.05) is 84.9 Å². The Kier molecular flexibility index (Phi) is 7.33. The molecule has 1 nitrogen and oxygen atoms in total. The summed E-state index contributed by atoms with van der Waals surface area (Å²) in [5.41, 5.74) is 7.20. The Balaban J connectivity index is 1.37. The van der Waals surface area contributed by atoms with Gasteiger partial charge in [0.2, 0.25) is 0 Å². The molecule has 0 bridgehead atoms. The van der Waals surface area contributed by atoms with Crippen molar-refractivity contribution in [1.29, 1.82) is 0 Å². The highest BCUT2D eigenvalue weighted by Crippen LogP contribution is 2.42.